The quantitative estimate of drug-likeness (QED) is 0.352. The zero-order chi connectivity index (χ0) is 9.61. The number of unbranched alkanes of at least 4 members (excludes halogenated alkanes) is 2. The maximum Gasteiger partial charge on any atom is 0.208 e. The van der Waals surface area contributed by atoms with Crippen LogP contribution in [0.4, 0.5) is 0 Å². The zero-order valence-corrected chi connectivity index (χ0v) is 8.30. The molecule has 3 heteroatoms. The molecule has 0 aromatic heterocycles. The van der Waals surface area contributed by atoms with Gasteiger partial charge >= 0.3 is 0 Å². The van der Waals surface area contributed by atoms with E-state index in [-0.39, 0.29) is 16.9 Å². The van der Waals surface area contributed by atoms with Crippen LogP contribution in [-0.2, 0) is 0 Å². The predicted octanol–water partition coefficient (Wildman–Crippen LogP) is 2.87. The fourth-order valence-corrected chi connectivity index (χ4v) is 1.28. The summed E-state index contributed by atoms with van der Waals surface area (Å²) in [5.74, 6) is 0. The Labute approximate surface area is 74.3 Å². The third-order valence-electron chi connectivity index (χ3n) is 2.01. The summed E-state index contributed by atoms with van der Waals surface area (Å²) in [7, 11) is 0. The minimum Gasteiger partial charge on any atom is -0.265 e. The molecule has 0 aromatic rings. The van der Waals surface area contributed by atoms with Crippen molar-refractivity contribution in [3.05, 3.63) is 10.1 Å². The van der Waals surface area contributed by atoms with Gasteiger partial charge in [-0.15, -0.1) is 0 Å². The number of nitro groups is 1. The van der Waals surface area contributed by atoms with Crippen molar-refractivity contribution < 1.29 is 4.92 Å². The first-order valence-electron chi connectivity index (χ1n) is 4.60. The monoisotopic (exact) mass is 173 g/mol. The van der Waals surface area contributed by atoms with Gasteiger partial charge in [0.15, 0.2) is 0 Å². The molecule has 0 bridgehead atoms. The van der Waals surface area contributed by atoms with Gasteiger partial charge in [-0.05, 0) is 6.42 Å². The van der Waals surface area contributed by atoms with Crippen LogP contribution in [0.2, 0.25) is 0 Å². The standard InChI is InChI=1S/C9H19NO2/c1-4-5-6-7-9(2,3)8-10(11)12/h4-8H2,1-3H3. The summed E-state index contributed by atoms with van der Waals surface area (Å²) >= 11 is 0. The summed E-state index contributed by atoms with van der Waals surface area (Å²) in [6.45, 7) is 6.16. The molecule has 0 N–H and O–H groups in total. The van der Waals surface area contributed by atoms with Gasteiger partial charge in [0.1, 0.15) is 0 Å². The maximum absolute atomic E-state index is 10.3. The molecule has 0 saturated heterocycles. The first kappa shape index (κ1) is 11.4. The van der Waals surface area contributed by atoms with Gasteiger partial charge < -0.3 is 0 Å². The second-order valence-corrected chi connectivity index (χ2v) is 4.11. The molecule has 0 unspecified atom stereocenters. The third-order valence-corrected chi connectivity index (χ3v) is 2.01. The first-order valence-corrected chi connectivity index (χ1v) is 4.60. The minimum atomic E-state index is -0.216. The molecule has 0 aromatic carbocycles. The van der Waals surface area contributed by atoms with Crippen molar-refractivity contribution in [3.63, 3.8) is 0 Å². The van der Waals surface area contributed by atoms with Gasteiger partial charge in [0.2, 0.25) is 6.54 Å². The third kappa shape index (κ3) is 6.13. The molecular weight excluding hydrogens is 154 g/mol. The SMILES string of the molecule is CCCCCC(C)(C)C[N+](=O)[O-]. The molecule has 3 nitrogen and oxygen atoms in total. The first-order chi connectivity index (χ1) is 5.48. The molecule has 0 aliphatic heterocycles. The summed E-state index contributed by atoms with van der Waals surface area (Å²) < 4.78 is 0. The summed E-state index contributed by atoms with van der Waals surface area (Å²) in [6, 6.07) is 0. The van der Waals surface area contributed by atoms with E-state index in [1.807, 2.05) is 13.8 Å². The highest BCUT2D eigenvalue weighted by molar-refractivity contribution is 4.66. The number of nitrogens with zero attached hydrogens (tertiary/aromatic N) is 1. The number of hydrogen-bond acceptors (Lipinski definition) is 2. The molecule has 0 amide bonds. The van der Waals surface area contributed by atoms with E-state index >= 15 is 0 Å². The van der Waals surface area contributed by atoms with E-state index < -0.39 is 0 Å². The van der Waals surface area contributed by atoms with Crippen LogP contribution in [0.3, 0.4) is 0 Å². The molecule has 0 fully saturated rings. The topological polar surface area (TPSA) is 43.1 Å². The van der Waals surface area contributed by atoms with Gasteiger partial charge in [-0.3, -0.25) is 10.1 Å². The van der Waals surface area contributed by atoms with Gasteiger partial charge in [0.25, 0.3) is 0 Å². The molecule has 0 heterocycles. The highest BCUT2D eigenvalue weighted by Crippen LogP contribution is 2.23. The van der Waals surface area contributed by atoms with E-state index in [0.29, 0.717) is 0 Å². The molecule has 12 heavy (non-hydrogen) atoms. The molecule has 0 aliphatic carbocycles. The van der Waals surface area contributed by atoms with Crippen LogP contribution in [0.25, 0.3) is 0 Å². The summed E-state index contributed by atoms with van der Waals surface area (Å²) in [6.07, 6.45) is 4.43. The normalized spacial score (nSPS) is 11.6. The lowest BCUT2D eigenvalue weighted by atomic mass is 9.87. The van der Waals surface area contributed by atoms with E-state index in [1.165, 1.54) is 12.8 Å². The van der Waals surface area contributed by atoms with Gasteiger partial charge in [-0.25, -0.2) is 0 Å². The Kier molecular flexibility index (Phi) is 4.86. The Hall–Kier alpha value is -0.600. The fraction of sp³-hybridized carbons (Fsp3) is 1.00. The number of rotatable bonds is 6. The van der Waals surface area contributed by atoms with E-state index in [2.05, 4.69) is 6.92 Å². The van der Waals surface area contributed by atoms with Crippen molar-refractivity contribution in [1.29, 1.82) is 0 Å². The maximum atomic E-state index is 10.3. The van der Waals surface area contributed by atoms with E-state index in [9.17, 15) is 10.1 Å². The molecule has 0 aliphatic rings. The van der Waals surface area contributed by atoms with Crippen molar-refractivity contribution >= 4 is 0 Å². The van der Waals surface area contributed by atoms with E-state index in [1.54, 1.807) is 0 Å². The highest BCUT2D eigenvalue weighted by atomic mass is 16.6. The molecule has 0 rings (SSSR count). The largest absolute Gasteiger partial charge is 0.265 e. The van der Waals surface area contributed by atoms with Crippen LogP contribution >= 0.6 is 0 Å². The number of hydrogen-bond donors (Lipinski definition) is 0. The Bertz CT molecular complexity index is 143. The Morgan fingerprint density at radius 1 is 1.33 bits per heavy atom. The lowest BCUT2D eigenvalue weighted by Crippen LogP contribution is -2.22. The molecule has 0 radical (unpaired) electrons. The van der Waals surface area contributed by atoms with Crippen molar-refractivity contribution in [3.8, 4) is 0 Å². The molecule has 0 spiro atoms. The van der Waals surface area contributed by atoms with Crippen LogP contribution in [0.1, 0.15) is 46.5 Å². The molecule has 0 saturated carbocycles. The van der Waals surface area contributed by atoms with Gasteiger partial charge in [-0.1, -0.05) is 40.0 Å². The summed E-state index contributed by atoms with van der Waals surface area (Å²) in [5, 5.41) is 10.3. The van der Waals surface area contributed by atoms with Crippen molar-refractivity contribution in [2.75, 3.05) is 6.54 Å². The highest BCUT2D eigenvalue weighted by Gasteiger charge is 2.23. The van der Waals surface area contributed by atoms with Gasteiger partial charge in [0, 0.05) is 10.3 Å². The van der Waals surface area contributed by atoms with Crippen molar-refractivity contribution in [1.82, 2.24) is 0 Å². The second-order valence-electron chi connectivity index (χ2n) is 4.11. The lowest BCUT2D eigenvalue weighted by Gasteiger charge is -2.18. The van der Waals surface area contributed by atoms with Crippen LogP contribution in [0, 0.1) is 15.5 Å². The van der Waals surface area contributed by atoms with Gasteiger partial charge in [-0.2, -0.15) is 0 Å². The predicted molar refractivity (Wildman–Crippen MR) is 49.8 cm³/mol. The Balaban J connectivity index is 3.63. The van der Waals surface area contributed by atoms with Crippen LogP contribution in [0.5, 0.6) is 0 Å². The minimum absolute atomic E-state index is 0.0940. The fourth-order valence-electron chi connectivity index (χ4n) is 1.28. The van der Waals surface area contributed by atoms with E-state index in [4.69, 9.17) is 0 Å². The molecular formula is C9H19NO2. The summed E-state index contributed by atoms with van der Waals surface area (Å²) in [5.41, 5.74) is -0.126. The summed E-state index contributed by atoms with van der Waals surface area (Å²) in [4.78, 5) is 10.0. The van der Waals surface area contributed by atoms with Crippen molar-refractivity contribution in [2.45, 2.75) is 46.5 Å². The van der Waals surface area contributed by atoms with Gasteiger partial charge in [0.05, 0.1) is 0 Å². The average Bonchev–Trinajstić information content (AvgIpc) is 1.84. The smallest absolute Gasteiger partial charge is 0.208 e. The zero-order valence-electron chi connectivity index (χ0n) is 8.30. The van der Waals surface area contributed by atoms with Crippen molar-refractivity contribution in [2.24, 2.45) is 5.41 Å². The average molecular weight is 173 g/mol. The van der Waals surface area contributed by atoms with Crippen LogP contribution in [-0.4, -0.2) is 11.5 Å². The Morgan fingerprint density at radius 3 is 2.33 bits per heavy atom. The van der Waals surface area contributed by atoms with Crippen LogP contribution in [0.15, 0.2) is 0 Å². The second kappa shape index (κ2) is 5.12. The molecule has 72 valence electrons. The Morgan fingerprint density at radius 2 is 1.92 bits per heavy atom. The lowest BCUT2D eigenvalue weighted by molar-refractivity contribution is -0.495. The molecule has 0 atom stereocenters. The van der Waals surface area contributed by atoms with E-state index in [0.717, 1.165) is 12.8 Å². The van der Waals surface area contributed by atoms with Crippen LogP contribution < -0.4 is 0 Å².